The Bertz CT molecular complexity index is 502. The zero-order valence-electron chi connectivity index (χ0n) is 12.6. The highest BCUT2D eigenvalue weighted by Gasteiger charge is 2.19. The van der Waals surface area contributed by atoms with Crippen LogP contribution in [0.15, 0.2) is 18.2 Å². The molecule has 0 atom stereocenters. The van der Waals surface area contributed by atoms with Crippen molar-refractivity contribution in [1.82, 2.24) is 4.90 Å². The lowest BCUT2D eigenvalue weighted by Gasteiger charge is -2.32. The van der Waals surface area contributed by atoms with Gasteiger partial charge in [0, 0.05) is 36.2 Å². The molecule has 0 aromatic heterocycles. The summed E-state index contributed by atoms with van der Waals surface area (Å²) in [6.07, 6.45) is 2.44. The van der Waals surface area contributed by atoms with Gasteiger partial charge in [0.25, 0.3) is 5.69 Å². The van der Waals surface area contributed by atoms with Gasteiger partial charge in [-0.1, -0.05) is 15.9 Å². The first kappa shape index (κ1) is 16.2. The van der Waals surface area contributed by atoms with Crippen molar-refractivity contribution in [2.45, 2.75) is 18.2 Å². The largest absolute Gasteiger partial charge is 0.374 e. The number of hydrogen-bond donors (Lipinski definition) is 0. The Balaban J connectivity index is 2.05. The van der Waals surface area contributed by atoms with E-state index in [0.29, 0.717) is 11.2 Å². The first-order chi connectivity index (χ1) is 10.0. The fourth-order valence-corrected chi connectivity index (χ4v) is 3.28. The van der Waals surface area contributed by atoms with Crippen LogP contribution in [-0.4, -0.2) is 43.6 Å². The maximum Gasteiger partial charge on any atom is 0.273 e. The van der Waals surface area contributed by atoms with E-state index in [-0.39, 0.29) is 10.6 Å². The van der Waals surface area contributed by atoms with E-state index in [0.717, 1.165) is 30.9 Å². The second kappa shape index (κ2) is 7.22. The summed E-state index contributed by atoms with van der Waals surface area (Å²) in [4.78, 5) is 15.2. The van der Waals surface area contributed by atoms with E-state index in [2.05, 4.69) is 39.8 Å². The molecular formula is C15H22BrN3O2. The molecule has 0 saturated carbocycles. The minimum absolute atomic E-state index is 0.184. The predicted molar refractivity (Wildman–Crippen MR) is 89.2 cm³/mol. The van der Waals surface area contributed by atoms with E-state index < -0.39 is 0 Å². The van der Waals surface area contributed by atoms with Crippen molar-refractivity contribution in [1.29, 1.82) is 0 Å². The van der Waals surface area contributed by atoms with Gasteiger partial charge in [-0.3, -0.25) is 10.1 Å². The van der Waals surface area contributed by atoms with Crippen LogP contribution in [0, 0.1) is 16.0 Å². The number of benzene rings is 1. The average Bonchev–Trinajstić information content (AvgIpc) is 2.48. The van der Waals surface area contributed by atoms with Gasteiger partial charge in [-0.15, -0.1) is 0 Å². The third-order valence-corrected chi connectivity index (χ3v) is 4.82. The topological polar surface area (TPSA) is 49.6 Å². The molecule has 1 aromatic rings. The number of nitro groups is 1. The first-order valence-corrected chi connectivity index (χ1v) is 8.36. The number of hydrogen-bond acceptors (Lipinski definition) is 4. The summed E-state index contributed by atoms with van der Waals surface area (Å²) < 4.78 is 0. The van der Waals surface area contributed by atoms with Gasteiger partial charge in [-0.05, 0) is 51.0 Å². The highest BCUT2D eigenvalue weighted by Crippen LogP contribution is 2.27. The molecule has 0 spiro atoms. The number of rotatable bonds is 5. The normalized spacial score (nSPS) is 16.9. The molecule has 1 aliphatic heterocycles. The molecule has 1 fully saturated rings. The summed E-state index contributed by atoms with van der Waals surface area (Å²) in [6, 6.07) is 5.37. The molecule has 1 aromatic carbocycles. The lowest BCUT2D eigenvalue weighted by molar-refractivity contribution is -0.385. The van der Waals surface area contributed by atoms with Crippen LogP contribution in [0.2, 0.25) is 0 Å². The Morgan fingerprint density at radius 3 is 2.67 bits per heavy atom. The molecule has 5 nitrogen and oxygen atoms in total. The SMILES string of the molecule is CN1CCC(CN(C)c2ccc([N+](=O)[O-])c(CBr)c2)CC1. The minimum Gasteiger partial charge on any atom is -0.374 e. The molecule has 0 amide bonds. The van der Waals surface area contributed by atoms with E-state index >= 15 is 0 Å². The van der Waals surface area contributed by atoms with E-state index in [1.165, 1.54) is 12.8 Å². The van der Waals surface area contributed by atoms with Crippen molar-refractivity contribution in [2.75, 3.05) is 38.6 Å². The zero-order chi connectivity index (χ0) is 15.4. The summed E-state index contributed by atoms with van der Waals surface area (Å²) in [7, 11) is 4.23. The fourth-order valence-electron chi connectivity index (χ4n) is 2.83. The molecule has 1 saturated heterocycles. The second-order valence-electron chi connectivity index (χ2n) is 5.83. The Morgan fingerprint density at radius 1 is 1.43 bits per heavy atom. The standard InChI is InChI=1S/C15H22BrN3O2/c1-17-7-5-12(6-8-17)11-18(2)14-3-4-15(19(20)21)13(9-14)10-16/h3-4,9,12H,5-8,10-11H2,1-2H3. The number of nitro benzene ring substituents is 1. The van der Waals surface area contributed by atoms with E-state index in [1.54, 1.807) is 6.07 Å². The van der Waals surface area contributed by atoms with Crippen LogP contribution in [0.3, 0.4) is 0 Å². The third-order valence-electron chi connectivity index (χ3n) is 4.21. The lowest BCUT2D eigenvalue weighted by atomic mass is 9.96. The number of likely N-dealkylation sites (tertiary alicyclic amines) is 1. The molecule has 1 aliphatic rings. The molecule has 6 heteroatoms. The van der Waals surface area contributed by atoms with Crippen LogP contribution >= 0.6 is 15.9 Å². The van der Waals surface area contributed by atoms with Gasteiger partial charge in [-0.25, -0.2) is 0 Å². The number of alkyl halides is 1. The average molecular weight is 356 g/mol. The quantitative estimate of drug-likeness (QED) is 0.462. The van der Waals surface area contributed by atoms with Crippen molar-refractivity contribution in [3.63, 3.8) is 0 Å². The molecule has 0 unspecified atom stereocenters. The molecule has 21 heavy (non-hydrogen) atoms. The Hall–Kier alpha value is -1.14. The zero-order valence-corrected chi connectivity index (χ0v) is 14.2. The summed E-state index contributed by atoms with van der Waals surface area (Å²) in [6.45, 7) is 3.32. The van der Waals surface area contributed by atoms with Crippen LogP contribution in [0.5, 0.6) is 0 Å². The van der Waals surface area contributed by atoms with Crippen LogP contribution < -0.4 is 4.90 Å². The summed E-state index contributed by atoms with van der Waals surface area (Å²) in [5.41, 5.74) is 1.96. The molecule has 0 N–H and O–H groups in total. The van der Waals surface area contributed by atoms with Crippen molar-refractivity contribution in [3.05, 3.63) is 33.9 Å². The van der Waals surface area contributed by atoms with Crippen molar-refractivity contribution >= 4 is 27.3 Å². The molecule has 0 aliphatic carbocycles. The summed E-state index contributed by atoms with van der Waals surface area (Å²) in [5, 5.41) is 11.5. The molecule has 0 bridgehead atoms. The minimum atomic E-state index is -0.322. The van der Waals surface area contributed by atoms with E-state index in [4.69, 9.17) is 0 Å². The number of nitrogens with zero attached hydrogens (tertiary/aromatic N) is 3. The number of anilines is 1. The van der Waals surface area contributed by atoms with Crippen LogP contribution in [-0.2, 0) is 5.33 Å². The van der Waals surface area contributed by atoms with E-state index in [1.807, 2.05) is 12.1 Å². The maximum absolute atomic E-state index is 11.0. The van der Waals surface area contributed by atoms with Gasteiger partial charge in [0.1, 0.15) is 0 Å². The van der Waals surface area contributed by atoms with Crippen molar-refractivity contribution in [3.8, 4) is 0 Å². The molecule has 116 valence electrons. The van der Waals surface area contributed by atoms with Gasteiger partial charge in [-0.2, -0.15) is 0 Å². The summed E-state index contributed by atoms with van der Waals surface area (Å²) in [5.74, 6) is 0.703. The predicted octanol–water partition coefficient (Wildman–Crippen LogP) is 3.27. The Kier molecular flexibility index (Phi) is 5.58. The highest BCUT2D eigenvalue weighted by atomic mass is 79.9. The van der Waals surface area contributed by atoms with Crippen molar-refractivity contribution in [2.24, 2.45) is 5.92 Å². The number of halogens is 1. The Labute approximate surface area is 134 Å². The van der Waals surface area contributed by atoms with Crippen LogP contribution in [0.1, 0.15) is 18.4 Å². The third kappa shape index (κ3) is 4.17. The van der Waals surface area contributed by atoms with E-state index in [9.17, 15) is 10.1 Å². The van der Waals surface area contributed by atoms with Gasteiger partial charge in [0.05, 0.1) is 4.92 Å². The molecule has 1 heterocycles. The van der Waals surface area contributed by atoms with Gasteiger partial charge < -0.3 is 9.80 Å². The fraction of sp³-hybridized carbons (Fsp3) is 0.600. The monoisotopic (exact) mass is 355 g/mol. The molecule has 0 radical (unpaired) electrons. The van der Waals surface area contributed by atoms with Gasteiger partial charge in [0.2, 0.25) is 0 Å². The molecule has 2 rings (SSSR count). The van der Waals surface area contributed by atoms with Gasteiger partial charge in [0.15, 0.2) is 0 Å². The second-order valence-corrected chi connectivity index (χ2v) is 6.39. The lowest BCUT2D eigenvalue weighted by Crippen LogP contribution is -2.35. The maximum atomic E-state index is 11.0. The van der Waals surface area contributed by atoms with Gasteiger partial charge >= 0.3 is 0 Å². The smallest absolute Gasteiger partial charge is 0.273 e. The Morgan fingerprint density at radius 2 is 2.10 bits per heavy atom. The van der Waals surface area contributed by atoms with Crippen LogP contribution in [0.4, 0.5) is 11.4 Å². The highest BCUT2D eigenvalue weighted by molar-refractivity contribution is 9.08. The number of piperidine rings is 1. The first-order valence-electron chi connectivity index (χ1n) is 7.24. The van der Waals surface area contributed by atoms with Crippen LogP contribution in [0.25, 0.3) is 0 Å². The molecular weight excluding hydrogens is 334 g/mol. The summed E-state index contributed by atoms with van der Waals surface area (Å²) >= 11 is 3.34. The van der Waals surface area contributed by atoms with Crippen molar-refractivity contribution < 1.29 is 4.92 Å².